The first-order chi connectivity index (χ1) is 7.61. The number of halogens is 1. The van der Waals surface area contributed by atoms with Gasteiger partial charge in [-0.2, -0.15) is 0 Å². The molecule has 0 aliphatic heterocycles. The van der Waals surface area contributed by atoms with Gasteiger partial charge in [0.2, 0.25) is 0 Å². The summed E-state index contributed by atoms with van der Waals surface area (Å²) in [4.78, 5) is 11.2. The van der Waals surface area contributed by atoms with Crippen molar-refractivity contribution in [1.82, 2.24) is 0 Å². The van der Waals surface area contributed by atoms with E-state index in [9.17, 15) is 4.79 Å². The number of carbonyl (C=O) groups is 1. The highest BCUT2D eigenvalue weighted by atomic mass is 35.5. The first-order valence-corrected chi connectivity index (χ1v) is 6.42. The van der Waals surface area contributed by atoms with Crippen molar-refractivity contribution >= 4 is 34.8 Å². The smallest absolute Gasteiger partial charge is 0.305 e. The zero-order valence-corrected chi connectivity index (χ0v) is 11.4. The van der Waals surface area contributed by atoms with Crippen LogP contribution in [0.1, 0.15) is 39.5 Å². The van der Waals surface area contributed by atoms with Gasteiger partial charge >= 0.3 is 5.97 Å². The molecule has 94 valence electrons. The molecule has 0 aromatic carbocycles. The Hall–Kier alpha value is -0.350. The summed E-state index contributed by atoms with van der Waals surface area (Å²) in [6.07, 6.45) is 2.47. The molecule has 0 aliphatic carbocycles. The van der Waals surface area contributed by atoms with Gasteiger partial charge in [0.05, 0.1) is 13.2 Å². The summed E-state index contributed by atoms with van der Waals surface area (Å²) in [6, 6.07) is 0. The minimum Gasteiger partial charge on any atom is -0.485 e. The number of carbonyl (C=O) groups excluding carboxylic acids is 1. The van der Waals surface area contributed by atoms with Crippen LogP contribution in [0.3, 0.4) is 0 Å². The third-order valence-electron chi connectivity index (χ3n) is 1.77. The Kier molecular flexibility index (Phi) is 9.63. The van der Waals surface area contributed by atoms with E-state index in [1.165, 1.54) is 0 Å². The number of hydrogen-bond donors (Lipinski definition) is 0. The summed E-state index contributed by atoms with van der Waals surface area (Å²) in [6.45, 7) is 4.98. The SMILES string of the molecule is CCCOC(=O)CCC(Cl)C(=S)OCCC. The minimum absolute atomic E-state index is 0.231. The molecule has 0 bridgehead atoms. The summed E-state index contributed by atoms with van der Waals surface area (Å²) < 4.78 is 10.1. The van der Waals surface area contributed by atoms with E-state index < -0.39 is 5.38 Å². The molecular formula is C11H19ClO3S. The van der Waals surface area contributed by atoms with Gasteiger partial charge in [-0.25, -0.2) is 0 Å². The first-order valence-electron chi connectivity index (χ1n) is 5.58. The number of rotatable bonds is 8. The number of thiocarbonyl (C=S) groups is 1. The van der Waals surface area contributed by atoms with Crippen molar-refractivity contribution in [1.29, 1.82) is 0 Å². The normalized spacial score (nSPS) is 11.9. The predicted molar refractivity (Wildman–Crippen MR) is 69.0 cm³/mol. The van der Waals surface area contributed by atoms with Crippen molar-refractivity contribution in [3.8, 4) is 0 Å². The maximum absolute atomic E-state index is 11.2. The van der Waals surface area contributed by atoms with E-state index in [4.69, 9.17) is 33.3 Å². The van der Waals surface area contributed by atoms with Crippen LogP contribution in [0.15, 0.2) is 0 Å². The standard InChI is InChI=1S/C11H19ClO3S/c1-3-7-14-10(13)6-5-9(12)11(16)15-8-4-2/h9H,3-8H2,1-2H3. The van der Waals surface area contributed by atoms with Crippen LogP contribution in [0.25, 0.3) is 0 Å². The van der Waals surface area contributed by atoms with Gasteiger partial charge in [0.15, 0.2) is 5.05 Å². The van der Waals surface area contributed by atoms with E-state index >= 15 is 0 Å². The van der Waals surface area contributed by atoms with Crippen molar-refractivity contribution in [3.05, 3.63) is 0 Å². The average Bonchev–Trinajstić information content (AvgIpc) is 2.30. The van der Waals surface area contributed by atoms with Gasteiger partial charge in [-0.05, 0) is 31.5 Å². The lowest BCUT2D eigenvalue weighted by atomic mass is 10.2. The Bertz CT molecular complexity index is 221. The fourth-order valence-corrected chi connectivity index (χ4v) is 1.32. The summed E-state index contributed by atoms with van der Waals surface area (Å²) in [7, 11) is 0. The average molecular weight is 267 g/mol. The molecule has 3 nitrogen and oxygen atoms in total. The fourth-order valence-electron chi connectivity index (χ4n) is 0.944. The third kappa shape index (κ3) is 7.88. The lowest BCUT2D eigenvalue weighted by Crippen LogP contribution is -2.18. The van der Waals surface area contributed by atoms with Crippen molar-refractivity contribution in [3.63, 3.8) is 0 Å². The third-order valence-corrected chi connectivity index (χ3v) is 2.72. The van der Waals surface area contributed by atoms with Crippen LogP contribution in [-0.2, 0) is 14.3 Å². The van der Waals surface area contributed by atoms with Crippen LogP contribution in [0.5, 0.6) is 0 Å². The van der Waals surface area contributed by atoms with E-state index in [0.29, 0.717) is 24.7 Å². The fraction of sp³-hybridized carbons (Fsp3) is 0.818. The zero-order valence-electron chi connectivity index (χ0n) is 9.83. The van der Waals surface area contributed by atoms with Gasteiger partial charge in [0, 0.05) is 6.42 Å². The Morgan fingerprint density at radius 2 is 1.81 bits per heavy atom. The molecule has 0 amide bonds. The highest BCUT2D eigenvalue weighted by Gasteiger charge is 2.14. The number of hydrogen-bond acceptors (Lipinski definition) is 4. The second kappa shape index (κ2) is 9.85. The van der Waals surface area contributed by atoms with Crippen LogP contribution in [-0.4, -0.2) is 29.6 Å². The van der Waals surface area contributed by atoms with Crippen molar-refractivity contribution < 1.29 is 14.3 Å². The summed E-state index contributed by atoms with van der Waals surface area (Å²) in [5, 5.41) is -0.0254. The largest absolute Gasteiger partial charge is 0.485 e. The molecular weight excluding hydrogens is 248 g/mol. The Labute approximate surface area is 107 Å². The molecule has 1 unspecified atom stereocenters. The minimum atomic E-state index is -0.393. The van der Waals surface area contributed by atoms with Crippen LogP contribution < -0.4 is 0 Å². The Balaban J connectivity index is 3.66. The molecule has 0 N–H and O–H groups in total. The van der Waals surface area contributed by atoms with Gasteiger partial charge in [0.25, 0.3) is 0 Å². The van der Waals surface area contributed by atoms with Gasteiger partial charge < -0.3 is 9.47 Å². The maximum Gasteiger partial charge on any atom is 0.305 e. The highest BCUT2D eigenvalue weighted by molar-refractivity contribution is 7.80. The van der Waals surface area contributed by atoms with Crippen LogP contribution in [0, 0.1) is 0 Å². The first kappa shape index (κ1) is 15.7. The molecule has 16 heavy (non-hydrogen) atoms. The Morgan fingerprint density at radius 3 is 2.38 bits per heavy atom. The lowest BCUT2D eigenvalue weighted by Gasteiger charge is -2.11. The van der Waals surface area contributed by atoms with Gasteiger partial charge in [-0.1, -0.05) is 13.8 Å². The number of alkyl halides is 1. The van der Waals surface area contributed by atoms with Crippen molar-refractivity contribution in [2.45, 2.75) is 44.9 Å². The van der Waals surface area contributed by atoms with Crippen LogP contribution in [0.4, 0.5) is 0 Å². The lowest BCUT2D eigenvalue weighted by molar-refractivity contribution is -0.143. The highest BCUT2D eigenvalue weighted by Crippen LogP contribution is 2.10. The van der Waals surface area contributed by atoms with Gasteiger partial charge in [0.1, 0.15) is 5.38 Å². The molecule has 5 heteroatoms. The molecule has 0 aliphatic rings. The molecule has 0 saturated heterocycles. The number of ether oxygens (including phenoxy) is 2. The second-order valence-electron chi connectivity index (χ2n) is 3.39. The summed E-state index contributed by atoms with van der Waals surface area (Å²) in [5.74, 6) is -0.231. The van der Waals surface area contributed by atoms with E-state index in [2.05, 4.69) is 0 Å². The van der Waals surface area contributed by atoms with E-state index in [1.54, 1.807) is 0 Å². The molecule has 0 radical (unpaired) electrons. The molecule has 0 rings (SSSR count). The molecule has 0 aromatic heterocycles. The van der Waals surface area contributed by atoms with Gasteiger partial charge in [-0.15, -0.1) is 11.6 Å². The maximum atomic E-state index is 11.2. The molecule has 0 spiro atoms. The van der Waals surface area contributed by atoms with E-state index in [1.807, 2.05) is 13.8 Å². The van der Waals surface area contributed by atoms with Crippen LogP contribution >= 0.6 is 23.8 Å². The molecule has 0 fully saturated rings. The van der Waals surface area contributed by atoms with Gasteiger partial charge in [-0.3, -0.25) is 4.79 Å². The topological polar surface area (TPSA) is 35.5 Å². The predicted octanol–water partition coefficient (Wildman–Crippen LogP) is 3.08. The summed E-state index contributed by atoms with van der Waals surface area (Å²) >= 11 is 10.9. The molecule has 0 heterocycles. The van der Waals surface area contributed by atoms with E-state index in [-0.39, 0.29) is 12.4 Å². The molecule has 0 saturated carbocycles. The molecule has 0 aromatic rings. The summed E-state index contributed by atoms with van der Waals surface area (Å²) in [5.41, 5.74) is 0. The van der Waals surface area contributed by atoms with E-state index in [0.717, 1.165) is 12.8 Å². The quantitative estimate of drug-likeness (QED) is 0.384. The second-order valence-corrected chi connectivity index (χ2v) is 4.32. The monoisotopic (exact) mass is 266 g/mol. The number of esters is 1. The van der Waals surface area contributed by atoms with Crippen molar-refractivity contribution in [2.24, 2.45) is 0 Å². The molecule has 1 atom stereocenters. The van der Waals surface area contributed by atoms with Crippen molar-refractivity contribution in [2.75, 3.05) is 13.2 Å². The Morgan fingerprint density at radius 1 is 1.25 bits per heavy atom. The zero-order chi connectivity index (χ0) is 12.4. The van der Waals surface area contributed by atoms with Crippen LogP contribution in [0.2, 0.25) is 0 Å².